The van der Waals surface area contributed by atoms with E-state index in [2.05, 4.69) is 9.97 Å². The van der Waals surface area contributed by atoms with Gasteiger partial charge >= 0.3 is 0 Å². The van der Waals surface area contributed by atoms with Crippen LogP contribution in [-0.2, 0) is 11.4 Å². The molecular formula is C17H19N3O2. The Labute approximate surface area is 129 Å². The molecule has 0 unspecified atom stereocenters. The zero-order valence-electron chi connectivity index (χ0n) is 12.8. The molecule has 1 aromatic heterocycles. The first-order valence-electron chi connectivity index (χ1n) is 7.38. The lowest BCUT2D eigenvalue weighted by Crippen LogP contribution is -2.48. The maximum atomic E-state index is 11.3. The Morgan fingerprint density at radius 1 is 1.32 bits per heavy atom. The highest BCUT2D eigenvalue weighted by Crippen LogP contribution is 2.27. The SMILES string of the molecule is CC(=O)N1CC(c2nc(C)cc(-c3cccc(CO)c3)n2)C1. The minimum atomic E-state index is 0.0148. The summed E-state index contributed by atoms with van der Waals surface area (Å²) in [7, 11) is 0. The number of rotatable bonds is 3. The van der Waals surface area contributed by atoms with E-state index in [1.807, 2.05) is 37.3 Å². The number of carbonyl (C=O) groups is 1. The molecule has 0 radical (unpaired) electrons. The molecule has 0 aliphatic carbocycles. The second-order valence-electron chi connectivity index (χ2n) is 5.73. The number of likely N-dealkylation sites (tertiary alicyclic amines) is 1. The minimum Gasteiger partial charge on any atom is -0.392 e. The number of aromatic nitrogens is 2. The van der Waals surface area contributed by atoms with E-state index < -0.39 is 0 Å². The number of aliphatic hydroxyl groups excluding tert-OH is 1. The highest BCUT2D eigenvalue weighted by atomic mass is 16.3. The predicted molar refractivity (Wildman–Crippen MR) is 83.1 cm³/mol. The van der Waals surface area contributed by atoms with Crippen LogP contribution in [-0.4, -0.2) is 39.0 Å². The molecule has 1 aliphatic heterocycles. The predicted octanol–water partition coefficient (Wildman–Crippen LogP) is 1.89. The van der Waals surface area contributed by atoms with Crippen molar-refractivity contribution in [3.05, 3.63) is 47.4 Å². The Bertz CT molecular complexity index is 709. The monoisotopic (exact) mass is 297 g/mol. The molecule has 0 bridgehead atoms. The molecule has 0 saturated carbocycles. The Balaban J connectivity index is 1.89. The van der Waals surface area contributed by atoms with E-state index >= 15 is 0 Å². The molecule has 1 saturated heterocycles. The summed E-state index contributed by atoms with van der Waals surface area (Å²) in [5, 5.41) is 9.26. The number of carbonyl (C=O) groups excluding carboxylic acids is 1. The van der Waals surface area contributed by atoms with Gasteiger partial charge in [0.1, 0.15) is 5.82 Å². The van der Waals surface area contributed by atoms with Crippen LogP contribution in [0.25, 0.3) is 11.3 Å². The van der Waals surface area contributed by atoms with E-state index in [0.29, 0.717) is 13.1 Å². The molecule has 2 heterocycles. The van der Waals surface area contributed by atoms with Gasteiger partial charge in [0.15, 0.2) is 0 Å². The molecule has 1 aromatic carbocycles. The lowest BCUT2D eigenvalue weighted by atomic mass is 9.98. The van der Waals surface area contributed by atoms with Crippen molar-refractivity contribution >= 4 is 5.91 Å². The number of amides is 1. The Morgan fingerprint density at radius 3 is 2.77 bits per heavy atom. The van der Waals surface area contributed by atoms with Crippen LogP contribution in [0.5, 0.6) is 0 Å². The van der Waals surface area contributed by atoms with Crippen LogP contribution in [0.15, 0.2) is 30.3 Å². The molecule has 1 aliphatic rings. The van der Waals surface area contributed by atoms with E-state index in [0.717, 1.165) is 28.3 Å². The van der Waals surface area contributed by atoms with Crippen LogP contribution < -0.4 is 0 Å². The molecule has 3 rings (SSSR count). The number of nitrogens with zero attached hydrogens (tertiary/aromatic N) is 3. The lowest BCUT2D eigenvalue weighted by Gasteiger charge is -2.37. The largest absolute Gasteiger partial charge is 0.392 e. The topological polar surface area (TPSA) is 66.3 Å². The van der Waals surface area contributed by atoms with E-state index in [1.54, 1.807) is 11.8 Å². The van der Waals surface area contributed by atoms with Crippen molar-refractivity contribution in [2.24, 2.45) is 0 Å². The van der Waals surface area contributed by atoms with Gasteiger partial charge in [-0.1, -0.05) is 18.2 Å². The van der Waals surface area contributed by atoms with Gasteiger partial charge in [-0.3, -0.25) is 4.79 Å². The van der Waals surface area contributed by atoms with Gasteiger partial charge in [0.25, 0.3) is 0 Å². The Hall–Kier alpha value is -2.27. The van der Waals surface area contributed by atoms with Gasteiger partial charge in [0.05, 0.1) is 18.2 Å². The molecule has 1 N–H and O–H groups in total. The van der Waals surface area contributed by atoms with Crippen LogP contribution in [0.4, 0.5) is 0 Å². The first-order valence-corrected chi connectivity index (χ1v) is 7.38. The summed E-state index contributed by atoms with van der Waals surface area (Å²) in [4.78, 5) is 22.3. The molecule has 1 amide bonds. The fourth-order valence-corrected chi connectivity index (χ4v) is 2.65. The highest BCUT2D eigenvalue weighted by Gasteiger charge is 2.32. The average Bonchev–Trinajstić information content (AvgIpc) is 2.45. The first-order chi connectivity index (χ1) is 10.6. The summed E-state index contributed by atoms with van der Waals surface area (Å²) in [5.74, 6) is 1.10. The van der Waals surface area contributed by atoms with Crippen molar-refractivity contribution in [1.82, 2.24) is 14.9 Å². The number of aryl methyl sites for hydroxylation is 1. The Morgan fingerprint density at radius 2 is 2.09 bits per heavy atom. The minimum absolute atomic E-state index is 0.0148. The van der Waals surface area contributed by atoms with E-state index in [-0.39, 0.29) is 18.4 Å². The van der Waals surface area contributed by atoms with E-state index in [4.69, 9.17) is 0 Å². The van der Waals surface area contributed by atoms with Gasteiger partial charge in [0, 0.05) is 31.3 Å². The zero-order chi connectivity index (χ0) is 15.7. The van der Waals surface area contributed by atoms with E-state index in [9.17, 15) is 9.90 Å². The first kappa shape index (κ1) is 14.7. The molecular weight excluding hydrogens is 278 g/mol. The molecule has 5 heteroatoms. The summed E-state index contributed by atoms with van der Waals surface area (Å²) in [6.45, 7) is 4.93. The lowest BCUT2D eigenvalue weighted by molar-refractivity contribution is -0.133. The van der Waals surface area contributed by atoms with Gasteiger partial charge in [-0.15, -0.1) is 0 Å². The quantitative estimate of drug-likeness (QED) is 0.939. The van der Waals surface area contributed by atoms with E-state index in [1.165, 1.54) is 0 Å². The molecule has 22 heavy (non-hydrogen) atoms. The molecule has 0 atom stereocenters. The number of aliphatic hydroxyl groups is 1. The van der Waals surface area contributed by atoms with Crippen LogP contribution in [0.1, 0.15) is 29.9 Å². The van der Waals surface area contributed by atoms with Crippen LogP contribution in [0, 0.1) is 6.92 Å². The fraction of sp³-hybridized carbons (Fsp3) is 0.353. The second kappa shape index (κ2) is 5.85. The standard InChI is InChI=1S/C17H19N3O2/c1-11-6-16(14-5-3-4-13(7-14)10-21)19-17(18-11)15-8-20(9-15)12(2)22/h3-7,15,21H,8-10H2,1-2H3. The molecule has 1 fully saturated rings. The zero-order valence-corrected chi connectivity index (χ0v) is 12.8. The maximum Gasteiger partial charge on any atom is 0.219 e. The van der Waals surface area contributed by atoms with Crippen LogP contribution >= 0.6 is 0 Å². The average molecular weight is 297 g/mol. The summed E-state index contributed by atoms with van der Waals surface area (Å²) < 4.78 is 0. The number of hydrogen-bond acceptors (Lipinski definition) is 4. The molecule has 5 nitrogen and oxygen atoms in total. The number of hydrogen-bond donors (Lipinski definition) is 1. The van der Waals surface area contributed by atoms with Crippen molar-refractivity contribution in [3.8, 4) is 11.3 Å². The smallest absolute Gasteiger partial charge is 0.219 e. The van der Waals surface area contributed by atoms with Gasteiger partial charge in [-0.05, 0) is 24.6 Å². The van der Waals surface area contributed by atoms with Gasteiger partial charge in [-0.2, -0.15) is 0 Å². The molecule has 0 spiro atoms. The van der Waals surface area contributed by atoms with Crippen LogP contribution in [0.2, 0.25) is 0 Å². The van der Waals surface area contributed by atoms with Gasteiger partial charge in [-0.25, -0.2) is 9.97 Å². The molecule has 2 aromatic rings. The normalized spacial score (nSPS) is 14.8. The van der Waals surface area contributed by atoms with Gasteiger partial charge < -0.3 is 10.0 Å². The highest BCUT2D eigenvalue weighted by molar-refractivity contribution is 5.74. The third kappa shape index (κ3) is 2.85. The number of benzene rings is 1. The Kier molecular flexibility index (Phi) is 3.90. The third-order valence-electron chi connectivity index (χ3n) is 3.97. The summed E-state index contributed by atoms with van der Waals surface area (Å²) in [5.41, 5.74) is 3.61. The van der Waals surface area contributed by atoms with Gasteiger partial charge in [0.2, 0.25) is 5.91 Å². The van der Waals surface area contributed by atoms with Crippen molar-refractivity contribution < 1.29 is 9.90 Å². The van der Waals surface area contributed by atoms with Crippen LogP contribution in [0.3, 0.4) is 0 Å². The molecule has 114 valence electrons. The summed E-state index contributed by atoms with van der Waals surface area (Å²) in [6, 6.07) is 9.66. The summed E-state index contributed by atoms with van der Waals surface area (Å²) >= 11 is 0. The van der Waals surface area contributed by atoms with Crippen molar-refractivity contribution in [2.75, 3.05) is 13.1 Å². The van der Waals surface area contributed by atoms with Crippen molar-refractivity contribution in [2.45, 2.75) is 26.4 Å². The fourth-order valence-electron chi connectivity index (χ4n) is 2.65. The maximum absolute atomic E-state index is 11.3. The van der Waals surface area contributed by atoms with Crippen molar-refractivity contribution in [3.63, 3.8) is 0 Å². The third-order valence-corrected chi connectivity index (χ3v) is 3.97. The van der Waals surface area contributed by atoms with Crippen molar-refractivity contribution in [1.29, 1.82) is 0 Å². The second-order valence-corrected chi connectivity index (χ2v) is 5.73. The summed E-state index contributed by atoms with van der Waals surface area (Å²) in [6.07, 6.45) is 0.